The molecule has 1 N–H and O–H groups in total. The molecule has 1 atom stereocenters. The second kappa shape index (κ2) is 7.73. The quantitative estimate of drug-likeness (QED) is 0.811. The van der Waals surface area contributed by atoms with Gasteiger partial charge in [0, 0.05) is 18.4 Å². The molecule has 2 rings (SSSR count). The van der Waals surface area contributed by atoms with Gasteiger partial charge < -0.3 is 10.1 Å². The van der Waals surface area contributed by atoms with Gasteiger partial charge in [-0.25, -0.2) is 9.97 Å². The van der Waals surface area contributed by atoms with Crippen LogP contribution in [-0.4, -0.2) is 22.0 Å². The lowest BCUT2D eigenvalue weighted by Crippen LogP contribution is -2.22. The smallest absolute Gasteiger partial charge is 0.308 e. The van der Waals surface area contributed by atoms with Crippen LogP contribution in [0.3, 0.4) is 0 Å². The third-order valence-electron chi connectivity index (χ3n) is 2.71. The summed E-state index contributed by atoms with van der Waals surface area (Å²) in [6.45, 7) is 2.18. The van der Waals surface area contributed by atoms with Crippen LogP contribution in [0.1, 0.15) is 18.9 Å². The van der Waals surface area contributed by atoms with Gasteiger partial charge in [-0.2, -0.15) is 0 Å². The maximum Gasteiger partial charge on any atom is 0.308 e. The Morgan fingerprint density at radius 1 is 1.29 bits per heavy atom. The highest BCUT2D eigenvalue weighted by Gasteiger charge is 2.11. The van der Waals surface area contributed by atoms with Crippen LogP contribution in [0.15, 0.2) is 47.2 Å². The average molecular weight is 350 g/mol. The maximum absolute atomic E-state index is 11.8. The van der Waals surface area contributed by atoms with Crippen LogP contribution in [0.4, 0.5) is 5.95 Å². The zero-order valence-corrected chi connectivity index (χ0v) is 13.2. The van der Waals surface area contributed by atoms with Crippen molar-refractivity contribution in [3.05, 3.63) is 52.8 Å². The number of halogens is 1. The number of carbonyl (C=O) groups is 1. The van der Waals surface area contributed by atoms with E-state index in [1.165, 1.54) is 0 Å². The highest BCUT2D eigenvalue weighted by molar-refractivity contribution is 9.10. The van der Waals surface area contributed by atoms with Crippen LogP contribution in [-0.2, 0) is 16.1 Å². The minimum atomic E-state index is -0.254. The molecule has 0 saturated carbocycles. The van der Waals surface area contributed by atoms with Gasteiger partial charge in [0.2, 0.25) is 5.95 Å². The first-order chi connectivity index (χ1) is 10.1. The first kappa shape index (κ1) is 15.4. The molecule has 2 aromatic rings. The molecule has 5 nitrogen and oxygen atoms in total. The standard InChI is InChI=1S/C15H16BrN3O2/c1-11(19-15-17-8-13(16)9-18-15)7-14(20)21-10-12-5-3-2-4-6-12/h2-6,8-9,11H,7,10H2,1H3,(H,17,18,19). The summed E-state index contributed by atoms with van der Waals surface area (Å²) in [7, 11) is 0. The third kappa shape index (κ3) is 5.51. The minimum Gasteiger partial charge on any atom is -0.461 e. The molecule has 0 spiro atoms. The zero-order chi connectivity index (χ0) is 15.1. The molecule has 1 unspecified atom stereocenters. The topological polar surface area (TPSA) is 64.1 Å². The van der Waals surface area contributed by atoms with Crippen LogP contribution in [0.25, 0.3) is 0 Å². The molecule has 0 radical (unpaired) electrons. The Morgan fingerprint density at radius 3 is 2.62 bits per heavy atom. The van der Waals surface area contributed by atoms with Crippen LogP contribution in [0.2, 0.25) is 0 Å². The predicted molar refractivity (Wildman–Crippen MR) is 83.7 cm³/mol. The van der Waals surface area contributed by atoms with Gasteiger partial charge in [0.05, 0.1) is 10.9 Å². The number of nitrogens with zero attached hydrogens (tertiary/aromatic N) is 2. The second-order valence-corrected chi connectivity index (χ2v) is 5.54. The van der Waals surface area contributed by atoms with E-state index in [-0.39, 0.29) is 18.4 Å². The number of carbonyl (C=O) groups excluding carboxylic acids is 1. The molecule has 0 bridgehead atoms. The van der Waals surface area contributed by atoms with Gasteiger partial charge >= 0.3 is 5.97 Å². The number of esters is 1. The molecule has 21 heavy (non-hydrogen) atoms. The summed E-state index contributed by atoms with van der Waals surface area (Å²) < 4.78 is 6.04. The Kier molecular flexibility index (Phi) is 5.68. The maximum atomic E-state index is 11.8. The zero-order valence-electron chi connectivity index (χ0n) is 11.6. The number of aromatic nitrogens is 2. The number of benzene rings is 1. The first-order valence-corrected chi connectivity index (χ1v) is 7.36. The lowest BCUT2D eigenvalue weighted by Gasteiger charge is -2.13. The Morgan fingerprint density at radius 2 is 1.95 bits per heavy atom. The highest BCUT2D eigenvalue weighted by atomic mass is 79.9. The van der Waals surface area contributed by atoms with E-state index in [2.05, 4.69) is 31.2 Å². The SMILES string of the molecule is CC(CC(=O)OCc1ccccc1)Nc1ncc(Br)cn1. The molecule has 1 aromatic carbocycles. The van der Waals surface area contributed by atoms with Gasteiger partial charge in [-0.05, 0) is 28.4 Å². The van der Waals surface area contributed by atoms with Crippen molar-refractivity contribution >= 4 is 27.8 Å². The van der Waals surface area contributed by atoms with Crippen molar-refractivity contribution < 1.29 is 9.53 Å². The van der Waals surface area contributed by atoms with Crippen molar-refractivity contribution in [3.8, 4) is 0 Å². The lowest BCUT2D eigenvalue weighted by atomic mass is 10.2. The third-order valence-corrected chi connectivity index (χ3v) is 3.12. The molecule has 0 fully saturated rings. The molecular formula is C15H16BrN3O2. The Labute approximate surface area is 131 Å². The first-order valence-electron chi connectivity index (χ1n) is 6.57. The molecule has 0 aliphatic carbocycles. The van der Waals surface area contributed by atoms with Crippen LogP contribution in [0, 0.1) is 0 Å². The molecular weight excluding hydrogens is 334 g/mol. The van der Waals surface area contributed by atoms with Gasteiger partial charge in [-0.15, -0.1) is 0 Å². The van der Waals surface area contributed by atoms with E-state index in [4.69, 9.17) is 4.74 Å². The molecule has 0 amide bonds. The van der Waals surface area contributed by atoms with Gasteiger partial charge in [0.15, 0.2) is 0 Å². The van der Waals surface area contributed by atoms with Crippen LogP contribution in [0.5, 0.6) is 0 Å². The van der Waals surface area contributed by atoms with E-state index in [0.717, 1.165) is 10.0 Å². The monoisotopic (exact) mass is 349 g/mol. The van der Waals surface area contributed by atoms with Crippen LogP contribution >= 0.6 is 15.9 Å². The summed E-state index contributed by atoms with van der Waals surface area (Å²) in [5, 5.41) is 3.05. The van der Waals surface area contributed by atoms with E-state index in [0.29, 0.717) is 12.6 Å². The predicted octanol–water partition coefficient (Wildman–Crippen LogP) is 3.17. The highest BCUT2D eigenvalue weighted by Crippen LogP contribution is 2.09. The average Bonchev–Trinajstić information content (AvgIpc) is 2.48. The van der Waals surface area contributed by atoms with Gasteiger partial charge in [0.25, 0.3) is 0 Å². The van der Waals surface area contributed by atoms with Gasteiger partial charge in [-0.3, -0.25) is 4.79 Å². The fourth-order valence-corrected chi connectivity index (χ4v) is 1.91. The lowest BCUT2D eigenvalue weighted by molar-refractivity contribution is -0.145. The summed E-state index contributed by atoms with van der Waals surface area (Å²) in [6.07, 6.45) is 3.55. The number of hydrogen-bond donors (Lipinski definition) is 1. The number of anilines is 1. The molecule has 1 heterocycles. The summed E-state index contributed by atoms with van der Waals surface area (Å²) in [5.74, 6) is 0.234. The van der Waals surface area contributed by atoms with Crippen molar-refractivity contribution in [2.24, 2.45) is 0 Å². The second-order valence-electron chi connectivity index (χ2n) is 4.62. The fourth-order valence-electron chi connectivity index (χ4n) is 1.71. The summed E-state index contributed by atoms with van der Waals surface area (Å²) in [4.78, 5) is 20.0. The van der Waals surface area contributed by atoms with Crippen LogP contribution < -0.4 is 5.32 Å². The summed E-state index contributed by atoms with van der Waals surface area (Å²) in [5.41, 5.74) is 0.975. The number of ether oxygens (including phenoxy) is 1. The number of rotatable bonds is 6. The van der Waals surface area contributed by atoms with E-state index >= 15 is 0 Å². The van der Waals surface area contributed by atoms with E-state index < -0.39 is 0 Å². The van der Waals surface area contributed by atoms with E-state index in [1.54, 1.807) is 12.4 Å². The van der Waals surface area contributed by atoms with Crippen molar-refractivity contribution in [3.63, 3.8) is 0 Å². The molecule has 0 aliphatic heterocycles. The number of nitrogens with one attached hydrogen (secondary N) is 1. The molecule has 1 aromatic heterocycles. The minimum absolute atomic E-state index is 0.102. The van der Waals surface area contributed by atoms with Crippen molar-refractivity contribution in [2.75, 3.05) is 5.32 Å². The summed E-state index contributed by atoms with van der Waals surface area (Å²) in [6, 6.07) is 9.50. The molecule has 110 valence electrons. The Balaban J connectivity index is 1.75. The van der Waals surface area contributed by atoms with Crippen molar-refractivity contribution in [2.45, 2.75) is 26.0 Å². The van der Waals surface area contributed by atoms with Gasteiger partial charge in [-0.1, -0.05) is 30.3 Å². The molecule has 6 heteroatoms. The number of hydrogen-bond acceptors (Lipinski definition) is 5. The van der Waals surface area contributed by atoms with Crippen molar-refractivity contribution in [1.29, 1.82) is 0 Å². The van der Waals surface area contributed by atoms with Gasteiger partial charge in [0.1, 0.15) is 6.61 Å². The Hall–Kier alpha value is -1.95. The van der Waals surface area contributed by atoms with E-state index in [1.807, 2.05) is 37.3 Å². The molecule has 0 saturated heterocycles. The largest absolute Gasteiger partial charge is 0.461 e. The normalized spacial score (nSPS) is 11.7. The summed E-state index contributed by atoms with van der Waals surface area (Å²) >= 11 is 3.27. The fraction of sp³-hybridized carbons (Fsp3) is 0.267. The van der Waals surface area contributed by atoms with Crippen molar-refractivity contribution in [1.82, 2.24) is 9.97 Å². The molecule has 0 aliphatic rings. The Bertz CT molecular complexity index is 575. The van der Waals surface area contributed by atoms with E-state index in [9.17, 15) is 4.79 Å².